The number of hydrogen-bond donors (Lipinski definition) is 0. The molecule has 0 aliphatic rings. The standard InChI is InChI=1S/C23H21BrN2O2/c1-25-20(16-18-10-4-2-5-11-18)23(28)26(15-9-8-14-24)21(22(25)27)17-19-12-6-3-7-13-19/h2-13,16-17H,14-15H2,1H3. The number of alkyl halides is 1. The predicted molar refractivity (Wildman–Crippen MR) is 118 cm³/mol. The van der Waals surface area contributed by atoms with Crippen molar-refractivity contribution in [1.82, 2.24) is 9.13 Å². The Hall–Kier alpha value is -2.92. The van der Waals surface area contributed by atoms with Crippen LogP contribution in [-0.2, 0) is 13.6 Å². The molecule has 0 radical (unpaired) electrons. The van der Waals surface area contributed by atoms with Crippen LogP contribution in [0.5, 0.6) is 0 Å². The van der Waals surface area contributed by atoms with Crippen LogP contribution in [0.15, 0.2) is 82.4 Å². The molecule has 0 saturated carbocycles. The summed E-state index contributed by atoms with van der Waals surface area (Å²) >= 11 is 3.34. The van der Waals surface area contributed by atoms with Crippen molar-refractivity contribution < 1.29 is 0 Å². The van der Waals surface area contributed by atoms with Gasteiger partial charge in [-0.2, -0.15) is 0 Å². The van der Waals surface area contributed by atoms with Crippen LogP contribution in [0, 0.1) is 0 Å². The van der Waals surface area contributed by atoms with Gasteiger partial charge in [0.1, 0.15) is 10.7 Å². The Morgan fingerprint density at radius 3 is 1.86 bits per heavy atom. The fourth-order valence-electron chi connectivity index (χ4n) is 2.92. The quantitative estimate of drug-likeness (QED) is 0.454. The van der Waals surface area contributed by atoms with Gasteiger partial charge in [0.25, 0.3) is 11.1 Å². The molecule has 142 valence electrons. The molecule has 0 spiro atoms. The fourth-order valence-corrected chi connectivity index (χ4v) is 3.19. The SMILES string of the molecule is Cn1c(=O)c(=Cc2ccccc2)n(CC=CCBr)c(=O)c1=Cc1ccccc1. The van der Waals surface area contributed by atoms with Crippen molar-refractivity contribution >= 4 is 28.1 Å². The van der Waals surface area contributed by atoms with Gasteiger partial charge in [0.05, 0.1) is 0 Å². The van der Waals surface area contributed by atoms with E-state index in [1.807, 2.05) is 72.8 Å². The normalized spacial score (nSPS) is 12.8. The van der Waals surface area contributed by atoms with Crippen LogP contribution in [0.1, 0.15) is 11.1 Å². The summed E-state index contributed by atoms with van der Waals surface area (Å²) in [6.07, 6.45) is 7.31. The molecule has 0 atom stereocenters. The van der Waals surface area contributed by atoms with E-state index in [1.54, 1.807) is 19.2 Å². The first-order chi connectivity index (χ1) is 13.6. The Morgan fingerprint density at radius 1 is 0.786 bits per heavy atom. The van der Waals surface area contributed by atoms with Crippen molar-refractivity contribution in [2.75, 3.05) is 5.33 Å². The molecule has 0 amide bonds. The molecule has 4 nitrogen and oxygen atoms in total. The van der Waals surface area contributed by atoms with E-state index in [2.05, 4.69) is 15.9 Å². The van der Waals surface area contributed by atoms with Gasteiger partial charge in [0.2, 0.25) is 0 Å². The minimum atomic E-state index is -0.210. The monoisotopic (exact) mass is 436 g/mol. The van der Waals surface area contributed by atoms with E-state index in [0.717, 1.165) is 11.1 Å². The summed E-state index contributed by atoms with van der Waals surface area (Å²) in [5.74, 6) is 0. The van der Waals surface area contributed by atoms with Gasteiger partial charge >= 0.3 is 0 Å². The Labute approximate surface area is 171 Å². The van der Waals surface area contributed by atoms with Crippen LogP contribution in [-0.4, -0.2) is 14.5 Å². The summed E-state index contributed by atoms with van der Waals surface area (Å²) in [6.45, 7) is 0.328. The molecule has 0 saturated heterocycles. The third-order valence-corrected chi connectivity index (χ3v) is 4.76. The van der Waals surface area contributed by atoms with E-state index >= 15 is 0 Å². The van der Waals surface area contributed by atoms with E-state index < -0.39 is 0 Å². The third kappa shape index (κ3) is 4.49. The van der Waals surface area contributed by atoms with Crippen LogP contribution >= 0.6 is 15.9 Å². The van der Waals surface area contributed by atoms with Crippen LogP contribution in [0.4, 0.5) is 0 Å². The number of benzene rings is 2. The molecule has 1 heterocycles. The summed E-state index contributed by atoms with van der Waals surface area (Å²) in [5, 5.41) is 1.41. The topological polar surface area (TPSA) is 44.0 Å². The Morgan fingerprint density at radius 2 is 1.32 bits per heavy atom. The second kappa shape index (κ2) is 9.33. The molecule has 3 rings (SSSR count). The van der Waals surface area contributed by atoms with Crippen LogP contribution in [0.2, 0.25) is 0 Å². The largest absolute Gasteiger partial charge is 0.305 e. The molecule has 0 unspecified atom stereocenters. The van der Waals surface area contributed by atoms with Gasteiger partial charge in [0, 0.05) is 18.9 Å². The van der Waals surface area contributed by atoms with Gasteiger partial charge < -0.3 is 4.57 Å². The number of hydrogen-bond acceptors (Lipinski definition) is 2. The highest BCUT2D eigenvalue weighted by Crippen LogP contribution is 1.99. The second-order valence-electron chi connectivity index (χ2n) is 6.29. The maximum Gasteiger partial charge on any atom is 0.275 e. The molecule has 0 aliphatic heterocycles. The van der Waals surface area contributed by atoms with Gasteiger partial charge in [0.15, 0.2) is 0 Å². The highest BCUT2D eigenvalue weighted by molar-refractivity contribution is 9.09. The van der Waals surface area contributed by atoms with Crippen molar-refractivity contribution in [1.29, 1.82) is 0 Å². The summed E-state index contributed by atoms with van der Waals surface area (Å²) in [6, 6.07) is 19.1. The highest BCUT2D eigenvalue weighted by atomic mass is 79.9. The molecule has 0 bridgehead atoms. The first kappa shape index (κ1) is 19.8. The van der Waals surface area contributed by atoms with E-state index in [1.165, 1.54) is 9.13 Å². The average Bonchev–Trinajstić information content (AvgIpc) is 2.73. The molecular formula is C23H21BrN2O2. The lowest BCUT2D eigenvalue weighted by Crippen LogP contribution is -2.57. The molecule has 0 N–H and O–H groups in total. The maximum atomic E-state index is 13.3. The van der Waals surface area contributed by atoms with Gasteiger partial charge in [-0.1, -0.05) is 88.7 Å². The molecule has 0 aliphatic carbocycles. The van der Waals surface area contributed by atoms with Gasteiger partial charge in [-0.05, 0) is 23.3 Å². The van der Waals surface area contributed by atoms with Crippen LogP contribution in [0.25, 0.3) is 12.2 Å². The molecule has 5 heteroatoms. The average molecular weight is 437 g/mol. The zero-order valence-corrected chi connectivity index (χ0v) is 17.2. The number of halogens is 1. The van der Waals surface area contributed by atoms with Gasteiger partial charge in [-0.3, -0.25) is 14.2 Å². The minimum absolute atomic E-state index is 0.202. The van der Waals surface area contributed by atoms with Crippen molar-refractivity contribution in [3.63, 3.8) is 0 Å². The predicted octanol–water partition coefficient (Wildman–Crippen LogP) is 2.16. The minimum Gasteiger partial charge on any atom is -0.305 e. The summed E-state index contributed by atoms with van der Waals surface area (Å²) in [7, 11) is 1.64. The van der Waals surface area contributed by atoms with E-state index in [0.29, 0.717) is 22.6 Å². The Bertz CT molecular complexity index is 1210. The lowest BCUT2D eigenvalue weighted by atomic mass is 10.2. The van der Waals surface area contributed by atoms with E-state index in [9.17, 15) is 9.59 Å². The van der Waals surface area contributed by atoms with Gasteiger partial charge in [-0.25, -0.2) is 0 Å². The highest BCUT2D eigenvalue weighted by Gasteiger charge is 2.08. The van der Waals surface area contributed by atoms with Crippen molar-refractivity contribution in [3.8, 4) is 0 Å². The van der Waals surface area contributed by atoms with Crippen molar-refractivity contribution in [3.05, 3.63) is 115 Å². The number of rotatable bonds is 5. The maximum absolute atomic E-state index is 13.3. The molecular weight excluding hydrogens is 416 g/mol. The number of aromatic nitrogens is 2. The molecule has 3 aromatic rings. The molecule has 1 aromatic heterocycles. The lowest BCUT2D eigenvalue weighted by molar-refractivity contribution is 0.663. The number of allylic oxidation sites excluding steroid dienone is 2. The van der Waals surface area contributed by atoms with Crippen molar-refractivity contribution in [2.24, 2.45) is 7.05 Å². The zero-order valence-electron chi connectivity index (χ0n) is 15.6. The molecule has 0 fully saturated rings. The smallest absolute Gasteiger partial charge is 0.275 e. The second-order valence-corrected chi connectivity index (χ2v) is 6.93. The lowest BCUT2D eigenvalue weighted by Gasteiger charge is -2.08. The first-order valence-electron chi connectivity index (χ1n) is 8.96. The number of nitrogens with zero attached hydrogens (tertiary/aromatic N) is 2. The van der Waals surface area contributed by atoms with Crippen LogP contribution in [0.3, 0.4) is 0 Å². The fraction of sp³-hybridized carbons (Fsp3) is 0.130. The zero-order chi connectivity index (χ0) is 19.9. The summed E-state index contributed by atoms with van der Waals surface area (Å²) in [4.78, 5) is 26.4. The Balaban J connectivity index is 2.34. The van der Waals surface area contributed by atoms with Gasteiger partial charge in [-0.15, -0.1) is 0 Å². The first-order valence-corrected chi connectivity index (χ1v) is 10.1. The molecule has 2 aromatic carbocycles. The Kier molecular flexibility index (Phi) is 6.61. The van der Waals surface area contributed by atoms with Crippen molar-refractivity contribution in [2.45, 2.75) is 6.54 Å². The third-order valence-electron chi connectivity index (χ3n) is 4.39. The van der Waals surface area contributed by atoms with Crippen LogP contribution < -0.4 is 21.8 Å². The molecule has 28 heavy (non-hydrogen) atoms. The van der Waals surface area contributed by atoms with E-state index in [-0.39, 0.29) is 11.1 Å². The van der Waals surface area contributed by atoms with E-state index in [4.69, 9.17) is 0 Å². The summed E-state index contributed by atoms with van der Waals surface area (Å²) < 4.78 is 2.96. The summed E-state index contributed by atoms with van der Waals surface area (Å²) in [5.41, 5.74) is 1.33.